The van der Waals surface area contributed by atoms with E-state index in [1.807, 2.05) is 0 Å². The normalized spacial score (nSPS) is 32.2. The molecule has 4 aliphatic carbocycles. The third-order valence-corrected chi connectivity index (χ3v) is 7.65. The summed E-state index contributed by atoms with van der Waals surface area (Å²) in [5.41, 5.74) is 0.460. The summed E-state index contributed by atoms with van der Waals surface area (Å²) in [6.07, 6.45) is 10.6. The lowest BCUT2D eigenvalue weighted by Gasteiger charge is -2.59. The van der Waals surface area contributed by atoms with Crippen LogP contribution in [0.25, 0.3) is 0 Å². The Hall–Kier alpha value is -1.54. The molecule has 2 N–H and O–H groups in total. The van der Waals surface area contributed by atoms with Crippen molar-refractivity contribution < 1.29 is 4.79 Å². The predicted molar refractivity (Wildman–Crippen MR) is 112 cm³/mol. The van der Waals surface area contributed by atoms with Crippen molar-refractivity contribution >= 4 is 5.91 Å². The van der Waals surface area contributed by atoms with E-state index in [0.717, 1.165) is 50.4 Å². The lowest BCUT2D eigenvalue weighted by Crippen LogP contribution is -2.56. The fraction of sp³-hybridized carbons (Fsp3) is 0.826. The van der Waals surface area contributed by atoms with E-state index in [1.165, 1.54) is 38.5 Å². The molecule has 0 aromatic rings. The molecule has 0 aromatic carbocycles. The van der Waals surface area contributed by atoms with Crippen LogP contribution in [0.1, 0.15) is 65.7 Å². The second-order valence-electron chi connectivity index (χ2n) is 9.48. The van der Waals surface area contributed by atoms with Gasteiger partial charge in [0.1, 0.15) is 11.6 Å². The molecule has 5 heteroatoms. The highest BCUT2D eigenvalue weighted by molar-refractivity contribution is 5.97. The first-order valence-corrected chi connectivity index (χ1v) is 11.4. The van der Waals surface area contributed by atoms with E-state index in [0.29, 0.717) is 0 Å². The molecule has 0 spiro atoms. The molecular weight excluding hydrogens is 348 g/mol. The number of hydrogen-bond acceptors (Lipinski definition) is 4. The monoisotopic (exact) mass is 386 g/mol. The molecule has 156 valence electrons. The zero-order chi connectivity index (χ0) is 20.1. The number of amides is 1. The molecule has 28 heavy (non-hydrogen) atoms. The third-order valence-electron chi connectivity index (χ3n) is 7.65. The van der Waals surface area contributed by atoms with Gasteiger partial charge in [0.15, 0.2) is 0 Å². The number of nitrogens with one attached hydrogen (secondary N) is 2. The van der Waals surface area contributed by atoms with Gasteiger partial charge in [0.05, 0.1) is 0 Å². The van der Waals surface area contributed by atoms with E-state index in [1.54, 1.807) is 6.20 Å². The summed E-state index contributed by atoms with van der Waals surface area (Å²) < 4.78 is 0. The lowest BCUT2D eigenvalue weighted by atomic mass is 9.48. The average molecular weight is 387 g/mol. The van der Waals surface area contributed by atoms with Gasteiger partial charge in [0, 0.05) is 18.8 Å². The van der Waals surface area contributed by atoms with Gasteiger partial charge in [0.25, 0.3) is 5.91 Å². The molecule has 0 saturated heterocycles. The Balaban J connectivity index is 1.49. The molecule has 1 amide bonds. The number of hydrogen-bond donors (Lipinski definition) is 2. The van der Waals surface area contributed by atoms with Crippen LogP contribution in [-0.2, 0) is 4.79 Å². The minimum atomic E-state index is -0.220. The number of nitriles is 1. The molecule has 0 heterocycles. The number of rotatable bonds is 10. The summed E-state index contributed by atoms with van der Waals surface area (Å²) in [6, 6.07) is 2.23. The quantitative estimate of drug-likeness (QED) is 0.343. The van der Waals surface area contributed by atoms with Crippen molar-refractivity contribution in [1.29, 1.82) is 5.26 Å². The Morgan fingerprint density at radius 2 is 1.75 bits per heavy atom. The standard InChI is InChI=1S/C23H38N4O/c1-4-27(5-2)8-6-7-25-16-21(15-24)22(28)26-17(3)23-12-18-9-19(13-23)11-20(10-18)14-23/h16-20,25H,4-14H2,1-3H3,(H,26,28)/b21-16-. The molecule has 4 aliphatic rings. The van der Waals surface area contributed by atoms with Gasteiger partial charge in [-0.15, -0.1) is 0 Å². The highest BCUT2D eigenvalue weighted by atomic mass is 16.1. The summed E-state index contributed by atoms with van der Waals surface area (Å²) in [7, 11) is 0. The van der Waals surface area contributed by atoms with E-state index in [-0.39, 0.29) is 22.9 Å². The molecule has 1 atom stereocenters. The zero-order valence-electron chi connectivity index (χ0n) is 18.0. The fourth-order valence-corrected chi connectivity index (χ4v) is 6.40. The van der Waals surface area contributed by atoms with E-state index in [4.69, 9.17) is 0 Å². The van der Waals surface area contributed by atoms with Gasteiger partial charge in [-0.25, -0.2) is 0 Å². The summed E-state index contributed by atoms with van der Waals surface area (Å²) >= 11 is 0. The van der Waals surface area contributed by atoms with Crippen LogP contribution in [0.15, 0.2) is 11.8 Å². The van der Waals surface area contributed by atoms with E-state index in [2.05, 4.69) is 42.4 Å². The summed E-state index contributed by atoms with van der Waals surface area (Å²) in [5.74, 6) is 2.37. The first-order valence-electron chi connectivity index (χ1n) is 11.4. The van der Waals surface area contributed by atoms with Crippen molar-refractivity contribution in [2.45, 2.75) is 71.8 Å². The molecule has 1 unspecified atom stereocenters. The maximum absolute atomic E-state index is 12.7. The van der Waals surface area contributed by atoms with Crippen molar-refractivity contribution in [3.05, 3.63) is 11.8 Å². The van der Waals surface area contributed by atoms with Crippen molar-refractivity contribution in [2.75, 3.05) is 26.2 Å². The second kappa shape index (κ2) is 9.31. The van der Waals surface area contributed by atoms with Crippen LogP contribution < -0.4 is 10.6 Å². The largest absolute Gasteiger partial charge is 0.390 e. The van der Waals surface area contributed by atoms with Gasteiger partial charge >= 0.3 is 0 Å². The molecule has 4 rings (SSSR count). The summed E-state index contributed by atoms with van der Waals surface area (Å²) in [4.78, 5) is 15.1. The molecule has 0 radical (unpaired) electrons. The lowest BCUT2D eigenvalue weighted by molar-refractivity contribution is -0.122. The Morgan fingerprint density at radius 3 is 2.25 bits per heavy atom. The van der Waals surface area contributed by atoms with Gasteiger partial charge in [-0.1, -0.05) is 13.8 Å². The first-order chi connectivity index (χ1) is 13.5. The SMILES string of the molecule is CCN(CC)CCCN/C=C(/C#N)C(=O)NC(C)C12CC3CC(CC(C3)C1)C2. The van der Waals surface area contributed by atoms with E-state index < -0.39 is 0 Å². The summed E-state index contributed by atoms with van der Waals surface area (Å²) in [5, 5.41) is 15.8. The van der Waals surface area contributed by atoms with Crippen LogP contribution in [-0.4, -0.2) is 43.0 Å². The number of carbonyl (C=O) groups excluding carboxylic acids is 1. The van der Waals surface area contributed by atoms with Crippen LogP contribution in [0.4, 0.5) is 0 Å². The van der Waals surface area contributed by atoms with Crippen LogP contribution >= 0.6 is 0 Å². The van der Waals surface area contributed by atoms with Gasteiger partial charge in [-0.05, 0) is 94.7 Å². The fourth-order valence-electron chi connectivity index (χ4n) is 6.40. The van der Waals surface area contributed by atoms with Crippen molar-refractivity contribution in [1.82, 2.24) is 15.5 Å². The van der Waals surface area contributed by atoms with Crippen LogP contribution in [0.3, 0.4) is 0 Å². The topological polar surface area (TPSA) is 68.2 Å². The van der Waals surface area contributed by atoms with Crippen molar-refractivity contribution in [3.63, 3.8) is 0 Å². The van der Waals surface area contributed by atoms with E-state index in [9.17, 15) is 10.1 Å². The van der Waals surface area contributed by atoms with Gasteiger partial charge in [0.2, 0.25) is 0 Å². The smallest absolute Gasteiger partial charge is 0.263 e. The first kappa shape index (κ1) is 21.2. The molecule has 4 fully saturated rings. The molecular formula is C23H38N4O. The minimum absolute atomic E-state index is 0.146. The maximum atomic E-state index is 12.7. The highest BCUT2D eigenvalue weighted by Crippen LogP contribution is 2.61. The Kier molecular flexibility index (Phi) is 7.04. The Labute approximate surface area is 170 Å². The predicted octanol–water partition coefficient (Wildman–Crippen LogP) is 3.44. The molecule has 0 aromatic heterocycles. The van der Waals surface area contributed by atoms with Crippen LogP contribution in [0.5, 0.6) is 0 Å². The van der Waals surface area contributed by atoms with Crippen LogP contribution in [0.2, 0.25) is 0 Å². The summed E-state index contributed by atoms with van der Waals surface area (Å²) in [6.45, 7) is 10.4. The second-order valence-corrected chi connectivity index (χ2v) is 9.48. The molecule has 5 nitrogen and oxygen atoms in total. The molecule has 0 aliphatic heterocycles. The Morgan fingerprint density at radius 1 is 1.18 bits per heavy atom. The molecule has 4 saturated carbocycles. The Bertz CT molecular complexity index is 581. The third kappa shape index (κ3) is 4.71. The highest BCUT2D eigenvalue weighted by Gasteiger charge is 2.53. The number of carbonyl (C=O) groups is 1. The average Bonchev–Trinajstić information content (AvgIpc) is 2.66. The number of nitrogens with zero attached hydrogens (tertiary/aromatic N) is 2. The minimum Gasteiger partial charge on any atom is -0.390 e. The van der Waals surface area contributed by atoms with Gasteiger partial charge < -0.3 is 15.5 Å². The molecule has 4 bridgehead atoms. The zero-order valence-corrected chi connectivity index (χ0v) is 18.0. The van der Waals surface area contributed by atoms with Gasteiger partial charge in [-0.3, -0.25) is 4.79 Å². The van der Waals surface area contributed by atoms with Crippen LogP contribution in [0, 0.1) is 34.5 Å². The maximum Gasteiger partial charge on any atom is 0.263 e. The van der Waals surface area contributed by atoms with Crippen molar-refractivity contribution in [2.24, 2.45) is 23.2 Å². The van der Waals surface area contributed by atoms with E-state index >= 15 is 0 Å². The van der Waals surface area contributed by atoms with Crippen molar-refractivity contribution in [3.8, 4) is 6.07 Å². The van der Waals surface area contributed by atoms with Gasteiger partial charge in [-0.2, -0.15) is 5.26 Å².